The van der Waals surface area contributed by atoms with Gasteiger partial charge in [0, 0.05) is 22.8 Å². The van der Waals surface area contributed by atoms with Crippen LogP contribution in [0.15, 0.2) is 71.3 Å². The number of benzene rings is 2. The fourth-order valence-electron chi connectivity index (χ4n) is 4.82. The van der Waals surface area contributed by atoms with Crippen molar-refractivity contribution < 1.29 is 19.4 Å². The highest BCUT2D eigenvalue weighted by atomic mass is 79.9. The minimum absolute atomic E-state index is 0.420. The third kappa shape index (κ3) is 5.59. The molecule has 9 heteroatoms. The SMILES string of the molecule is CC(C)(C)OC(=O)NC1(c2ccc(-c3nc4c(/C=C/C(=O)O)cc(Br)nn4c3-c3ccccc3)cc2)CCC1. The number of aromatic nitrogens is 3. The second-order valence-corrected chi connectivity index (χ2v) is 11.5. The Morgan fingerprint density at radius 3 is 2.36 bits per heavy atom. The minimum atomic E-state index is -1.04. The van der Waals surface area contributed by atoms with Gasteiger partial charge in [-0.05, 0) is 73.7 Å². The molecule has 2 heterocycles. The first-order valence-corrected chi connectivity index (χ1v) is 13.5. The molecule has 39 heavy (non-hydrogen) atoms. The first kappa shape index (κ1) is 26.6. The summed E-state index contributed by atoms with van der Waals surface area (Å²) in [6.07, 6.45) is 4.88. The predicted octanol–water partition coefficient (Wildman–Crippen LogP) is 6.83. The van der Waals surface area contributed by atoms with Gasteiger partial charge in [0.05, 0.1) is 11.2 Å². The first-order valence-electron chi connectivity index (χ1n) is 12.7. The predicted molar refractivity (Wildman–Crippen MR) is 153 cm³/mol. The molecule has 2 aromatic carbocycles. The summed E-state index contributed by atoms with van der Waals surface area (Å²) in [7, 11) is 0. The van der Waals surface area contributed by atoms with Crippen LogP contribution < -0.4 is 5.32 Å². The molecule has 0 atom stereocenters. The Balaban J connectivity index is 1.58. The Labute approximate surface area is 234 Å². The number of aliphatic carboxylic acids is 1. The van der Waals surface area contributed by atoms with E-state index in [4.69, 9.17) is 9.72 Å². The van der Waals surface area contributed by atoms with E-state index in [-0.39, 0.29) is 0 Å². The highest BCUT2D eigenvalue weighted by Crippen LogP contribution is 2.42. The zero-order valence-corrected chi connectivity index (χ0v) is 23.5. The molecule has 0 aliphatic heterocycles. The van der Waals surface area contributed by atoms with Gasteiger partial charge in [-0.3, -0.25) is 0 Å². The first-order chi connectivity index (χ1) is 18.5. The van der Waals surface area contributed by atoms with Gasteiger partial charge in [-0.25, -0.2) is 19.1 Å². The molecular formula is C30H29BrN4O4. The molecule has 200 valence electrons. The van der Waals surface area contributed by atoms with Gasteiger partial charge in [-0.1, -0.05) is 54.6 Å². The van der Waals surface area contributed by atoms with Crippen molar-refractivity contribution in [3.8, 4) is 22.5 Å². The zero-order valence-electron chi connectivity index (χ0n) is 21.9. The number of hydrogen-bond donors (Lipinski definition) is 2. The number of hydrogen-bond acceptors (Lipinski definition) is 5. The van der Waals surface area contributed by atoms with Crippen molar-refractivity contribution in [3.05, 3.63) is 82.5 Å². The van der Waals surface area contributed by atoms with E-state index < -0.39 is 23.2 Å². The molecular weight excluding hydrogens is 560 g/mol. The van der Waals surface area contributed by atoms with Crippen molar-refractivity contribution in [2.45, 2.75) is 51.2 Å². The quantitative estimate of drug-likeness (QED) is 0.239. The van der Waals surface area contributed by atoms with Gasteiger partial charge in [0.2, 0.25) is 0 Å². The number of carboxylic acids is 1. The lowest BCUT2D eigenvalue weighted by Crippen LogP contribution is -2.52. The lowest BCUT2D eigenvalue weighted by atomic mass is 9.71. The number of carbonyl (C=O) groups is 2. The lowest BCUT2D eigenvalue weighted by Gasteiger charge is -2.43. The highest BCUT2D eigenvalue weighted by molar-refractivity contribution is 9.10. The maximum Gasteiger partial charge on any atom is 0.408 e. The van der Waals surface area contributed by atoms with E-state index in [1.54, 1.807) is 10.6 Å². The van der Waals surface area contributed by atoms with Crippen LogP contribution >= 0.6 is 15.9 Å². The monoisotopic (exact) mass is 588 g/mol. The van der Waals surface area contributed by atoms with Crippen LogP contribution in [0.25, 0.3) is 34.2 Å². The summed E-state index contributed by atoms with van der Waals surface area (Å²) >= 11 is 3.46. The zero-order chi connectivity index (χ0) is 27.8. The average molecular weight is 589 g/mol. The van der Waals surface area contributed by atoms with Crippen molar-refractivity contribution in [2.75, 3.05) is 0 Å². The number of halogens is 1. The number of nitrogens with one attached hydrogen (secondary N) is 1. The van der Waals surface area contributed by atoms with E-state index in [0.717, 1.165) is 47.7 Å². The molecule has 8 nitrogen and oxygen atoms in total. The fraction of sp³-hybridized carbons (Fsp3) is 0.267. The molecule has 2 aromatic heterocycles. The number of alkyl carbamates (subject to hydrolysis) is 1. The van der Waals surface area contributed by atoms with Crippen LogP contribution in [0.5, 0.6) is 0 Å². The van der Waals surface area contributed by atoms with E-state index >= 15 is 0 Å². The van der Waals surface area contributed by atoms with Crippen molar-refractivity contribution in [1.82, 2.24) is 19.9 Å². The number of fused-ring (bicyclic) bond motifs is 1. The van der Waals surface area contributed by atoms with Crippen molar-refractivity contribution in [3.63, 3.8) is 0 Å². The number of imidazole rings is 1. The van der Waals surface area contributed by atoms with Gasteiger partial charge >= 0.3 is 12.1 Å². The van der Waals surface area contributed by atoms with Gasteiger partial charge < -0.3 is 15.2 Å². The molecule has 0 bridgehead atoms. The molecule has 1 aliphatic rings. The van der Waals surface area contributed by atoms with Gasteiger partial charge in [0.15, 0.2) is 5.65 Å². The molecule has 1 amide bonds. The van der Waals surface area contributed by atoms with Gasteiger partial charge in [0.25, 0.3) is 0 Å². The number of carbonyl (C=O) groups excluding carboxylic acids is 1. The summed E-state index contributed by atoms with van der Waals surface area (Å²) in [6.45, 7) is 5.55. The van der Waals surface area contributed by atoms with E-state index in [1.807, 2.05) is 75.4 Å². The van der Waals surface area contributed by atoms with Crippen molar-refractivity contribution in [1.29, 1.82) is 0 Å². The van der Waals surface area contributed by atoms with Crippen LogP contribution in [-0.4, -0.2) is 37.4 Å². The summed E-state index contributed by atoms with van der Waals surface area (Å²) in [5, 5.41) is 16.9. The number of rotatable bonds is 6. The topological polar surface area (TPSA) is 106 Å². The standard InChI is InChI=1S/C30H29BrN4O4/c1-29(2,3)39-28(38)33-30(16-7-17-30)22-13-10-19(11-14-22)25-26(20-8-5-4-6-9-20)35-27(32-25)21(12-15-24(36)37)18-23(31)34-35/h4-6,8-15,18H,7,16-17H2,1-3H3,(H,33,38)(H,36,37)/b15-12+. The third-order valence-electron chi connectivity index (χ3n) is 6.69. The van der Waals surface area contributed by atoms with Crippen LogP contribution in [0.1, 0.15) is 51.2 Å². The Morgan fingerprint density at radius 1 is 1.08 bits per heavy atom. The highest BCUT2D eigenvalue weighted by Gasteiger charge is 2.41. The molecule has 4 aromatic rings. The Hall–Kier alpha value is -3.98. The normalized spacial score (nSPS) is 14.8. The second-order valence-electron chi connectivity index (χ2n) is 10.6. The van der Waals surface area contributed by atoms with Crippen molar-refractivity contribution in [2.24, 2.45) is 0 Å². The molecule has 1 aliphatic carbocycles. The lowest BCUT2D eigenvalue weighted by molar-refractivity contribution is -0.131. The van der Waals surface area contributed by atoms with Gasteiger partial charge in [-0.2, -0.15) is 5.10 Å². The van der Waals surface area contributed by atoms with E-state index in [0.29, 0.717) is 21.5 Å². The Bertz CT molecular complexity index is 1570. The molecule has 0 spiro atoms. The van der Waals surface area contributed by atoms with Crippen LogP contribution in [0.4, 0.5) is 4.79 Å². The average Bonchev–Trinajstić information content (AvgIpc) is 3.23. The second kappa shape index (κ2) is 10.3. The van der Waals surface area contributed by atoms with Crippen LogP contribution in [0, 0.1) is 0 Å². The largest absolute Gasteiger partial charge is 0.478 e. The maximum absolute atomic E-state index is 12.6. The summed E-state index contributed by atoms with van der Waals surface area (Å²) in [5.74, 6) is -1.04. The molecule has 5 rings (SSSR count). The number of nitrogens with zero attached hydrogens (tertiary/aromatic N) is 3. The molecule has 0 radical (unpaired) electrons. The summed E-state index contributed by atoms with van der Waals surface area (Å²) in [6, 6.07) is 19.6. The van der Waals surface area contributed by atoms with Crippen LogP contribution in [0.2, 0.25) is 0 Å². The molecule has 2 N–H and O–H groups in total. The summed E-state index contributed by atoms with van der Waals surface area (Å²) in [4.78, 5) is 28.7. The molecule has 0 saturated heterocycles. The summed E-state index contributed by atoms with van der Waals surface area (Å²) < 4.78 is 7.81. The van der Waals surface area contributed by atoms with E-state index in [1.165, 1.54) is 6.08 Å². The van der Waals surface area contributed by atoms with Crippen LogP contribution in [0.3, 0.4) is 0 Å². The fourth-order valence-corrected chi connectivity index (χ4v) is 5.22. The molecule has 1 saturated carbocycles. The minimum Gasteiger partial charge on any atom is -0.478 e. The van der Waals surface area contributed by atoms with E-state index in [2.05, 4.69) is 26.3 Å². The molecule has 0 unspecified atom stereocenters. The number of carboxylic acid groups (broad SMARTS) is 1. The number of amides is 1. The smallest absolute Gasteiger partial charge is 0.408 e. The maximum atomic E-state index is 12.6. The Morgan fingerprint density at radius 2 is 1.77 bits per heavy atom. The van der Waals surface area contributed by atoms with E-state index in [9.17, 15) is 14.7 Å². The van der Waals surface area contributed by atoms with Crippen LogP contribution in [-0.2, 0) is 15.1 Å². The molecule has 1 fully saturated rings. The Kier molecular flexibility index (Phi) is 7.03. The number of ether oxygens (including phenoxy) is 1. The van der Waals surface area contributed by atoms with Crippen molar-refractivity contribution >= 4 is 39.7 Å². The third-order valence-corrected chi connectivity index (χ3v) is 7.08. The summed E-state index contributed by atoms with van der Waals surface area (Å²) in [5.41, 5.74) is 4.44. The van der Waals surface area contributed by atoms with Gasteiger partial charge in [-0.15, -0.1) is 0 Å². The van der Waals surface area contributed by atoms with Gasteiger partial charge in [0.1, 0.15) is 15.9 Å².